The van der Waals surface area contributed by atoms with Gasteiger partial charge in [0.2, 0.25) is 0 Å². The summed E-state index contributed by atoms with van der Waals surface area (Å²) in [4.78, 5) is 0. The van der Waals surface area contributed by atoms with Gasteiger partial charge in [-0.25, -0.2) is 0 Å². The number of para-hydroxylation sites is 1. The number of hydrogen-bond donors (Lipinski definition) is 1. The Hall–Kier alpha value is -1.26. The lowest BCUT2D eigenvalue weighted by atomic mass is 10.1. The van der Waals surface area contributed by atoms with E-state index in [2.05, 4.69) is 18.3 Å². The quantitative estimate of drug-likeness (QED) is 0.627. The Morgan fingerprint density at radius 2 is 2.17 bits per heavy atom. The average Bonchev–Trinajstić information content (AvgIpc) is 3.09. The summed E-state index contributed by atoms with van der Waals surface area (Å²) in [6.07, 6.45) is 7.54. The lowest BCUT2D eigenvalue weighted by molar-refractivity contribution is 0.0666. The van der Waals surface area contributed by atoms with Gasteiger partial charge in [-0.15, -0.1) is 0 Å². The summed E-state index contributed by atoms with van der Waals surface area (Å²) < 4.78 is 17.2. The van der Waals surface area contributed by atoms with Crippen molar-refractivity contribution in [1.82, 2.24) is 5.32 Å². The molecule has 1 fully saturated rings. The first-order valence-corrected chi connectivity index (χ1v) is 8.96. The van der Waals surface area contributed by atoms with Crippen LogP contribution in [0.1, 0.15) is 51.0 Å². The molecule has 0 saturated carbocycles. The van der Waals surface area contributed by atoms with Crippen LogP contribution < -0.4 is 14.8 Å². The van der Waals surface area contributed by atoms with Crippen LogP contribution in [0.5, 0.6) is 11.5 Å². The first-order chi connectivity index (χ1) is 11.3. The third-order valence-corrected chi connectivity index (χ3v) is 4.24. The monoisotopic (exact) mass is 321 g/mol. The largest absolute Gasteiger partial charge is 0.493 e. The van der Waals surface area contributed by atoms with Gasteiger partial charge in [-0.05, 0) is 31.9 Å². The van der Waals surface area contributed by atoms with Gasteiger partial charge in [0, 0.05) is 18.7 Å². The van der Waals surface area contributed by atoms with Crippen LogP contribution in [-0.4, -0.2) is 33.0 Å². The number of methoxy groups -OCH3 is 1. The van der Waals surface area contributed by atoms with Crippen LogP contribution >= 0.6 is 0 Å². The molecule has 0 amide bonds. The Labute approximate surface area is 140 Å². The van der Waals surface area contributed by atoms with Crippen LogP contribution in [0.3, 0.4) is 0 Å². The highest BCUT2D eigenvalue weighted by Gasteiger charge is 2.18. The minimum atomic E-state index is 0.217. The molecule has 130 valence electrons. The molecular weight excluding hydrogens is 290 g/mol. The number of benzene rings is 1. The van der Waals surface area contributed by atoms with Gasteiger partial charge in [0.25, 0.3) is 0 Å². The molecule has 23 heavy (non-hydrogen) atoms. The molecule has 1 atom stereocenters. The van der Waals surface area contributed by atoms with Crippen LogP contribution in [0.15, 0.2) is 18.2 Å². The van der Waals surface area contributed by atoms with Crippen LogP contribution in [-0.2, 0) is 11.3 Å². The van der Waals surface area contributed by atoms with E-state index >= 15 is 0 Å². The molecule has 0 radical (unpaired) electrons. The van der Waals surface area contributed by atoms with E-state index < -0.39 is 0 Å². The van der Waals surface area contributed by atoms with Gasteiger partial charge in [-0.3, -0.25) is 0 Å². The molecule has 1 N–H and O–H groups in total. The Morgan fingerprint density at radius 3 is 2.91 bits per heavy atom. The molecule has 1 heterocycles. The lowest BCUT2D eigenvalue weighted by Gasteiger charge is -2.17. The smallest absolute Gasteiger partial charge is 0.165 e. The van der Waals surface area contributed by atoms with Gasteiger partial charge < -0.3 is 19.5 Å². The molecule has 1 saturated heterocycles. The second-order valence-electron chi connectivity index (χ2n) is 6.13. The number of ether oxygens (including phenoxy) is 3. The van der Waals surface area contributed by atoms with Crippen molar-refractivity contribution < 1.29 is 14.2 Å². The van der Waals surface area contributed by atoms with Crippen molar-refractivity contribution in [3.63, 3.8) is 0 Å². The second-order valence-corrected chi connectivity index (χ2v) is 6.13. The van der Waals surface area contributed by atoms with Crippen LogP contribution in [0, 0.1) is 0 Å². The first-order valence-electron chi connectivity index (χ1n) is 8.96. The summed E-state index contributed by atoms with van der Waals surface area (Å²) in [5.74, 6) is 1.65. The zero-order valence-electron chi connectivity index (χ0n) is 14.6. The van der Waals surface area contributed by atoms with E-state index in [1.54, 1.807) is 7.11 Å². The van der Waals surface area contributed by atoms with Gasteiger partial charge in [0.1, 0.15) is 6.61 Å². The summed E-state index contributed by atoms with van der Waals surface area (Å²) in [7, 11) is 1.69. The van der Waals surface area contributed by atoms with Crippen molar-refractivity contribution in [2.75, 3.05) is 26.9 Å². The van der Waals surface area contributed by atoms with Gasteiger partial charge in [-0.2, -0.15) is 0 Å². The Morgan fingerprint density at radius 1 is 1.26 bits per heavy atom. The van der Waals surface area contributed by atoms with Crippen LogP contribution in [0.25, 0.3) is 0 Å². The van der Waals surface area contributed by atoms with Crippen molar-refractivity contribution in [3.05, 3.63) is 23.8 Å². The molecule has 1 aliphatic rings. The molecule has 1 unspecified atom stereocenters. The first kappa shape index (κ1) is 18.1. The van der Waals surface area contributed by atoms with Crippen LogP contribution in [0.4, 0.5) is 0 Å². The van der Waals surface area contributed by atoms with E-state index in [4.69, 9.17) is 14.2 Å². The summed E-state index contributed by atoms with van der Waals surface area (Å²) >= 11 is 0. The SMILES string of the molecule is CCCCCCNCc1cccc(OC)c1OCC1CCCO1. The summed E-state index contributed by atoms with van der Waals surface area (Å²) in [6, 6.07) is 6.08. The fraction of sp³-hybridized carbons (Fsp3) is 0.684. The minimum absolute atomic E-state index is 0.217. The molecule has 0 aromatic heterocycles. The van der Waals surface area contributed by atoms with E-state index in [1.165, 1.54) is 25.7 Å². The maximum atomic E-state index is 6.05. The van der Waals surface area contributed by atoms with Gasteiger partial charge in [0.05, 0.1) is 13.2 Å². The highest BCUT2D eigenvalue weighted by atomic mass is 16.5. The number of hydrogen-bond acceptors (Lipinski definition) is 4. The van der Waals surface area contributed by atoms with Crippen LogP contribution in [0.2, 0.25) is 0 Å². The predicted molar refractivity (Wildman–Crippen MR) is 93.3 cm³/mol. The topological polar surface area (TPSA) is 39.7 Å². The number of unbranched alkanes of at least 4 members (excludes halogenated alkanes) is 3. The van der Waals surface area contributed by atoms with Crippen molar-refractivity contribution in [2.24, 2.45) is 0 Å². The van der Waals surface area contributed by atoms with E-state index in [9.17, 15) is 0 Å². The molecule has 2 rings (SSSR count). The molecule has 1 aliphatic heterocycles. The van der Waals surface area contributed by atoms with E-state index in [0.29, 0.717) is 6.61 Å². The van der Waals surface area contributed by atoms with E-state index in [1.807, 2.05) is 12.1 Å². The van der Waals surface area contributed by atoms with Gasteiger partial charge in [-0.1, -0.05) is 38.3 Å². The van der Waals surface area contributed by atoms with E-state index in [0.717, 1.165) is 49.6 Å². The fourth-order valence-corrected chi connectivity index (χ4v) is 2.88. The Balaban J connectivity index is 1.86. The summed E-state index contributed by atoms with van der Waals surface area (Å²) in [6.45, 7) is 5.55. The zero-order chi connectivity index (χ0) is 16.3. The standard InChI is InChI=1S/C19H31NO3/c1-3-4-5-6-12-20-14-16-9-7-11-18(21-2)19(16)23-15-17-10-8-13-22-17/h7,9,11,17,20H,3-6,8,10,12-15H2,1-2H3. The van der Waals surface area contributed by atoms with Gasteiger partial charge in [0.15, 0.2) is 11.5 Å². The number of rotatable bonds is 11. The van der Waals surface area contributed by atoms with Crippen molar-refractivity contribution in [3.8, 4) is 11.5 Å². The maximum Gasteiger partial charge on any atom is 0.165 e. The average molecular weight is 321 g/mol. The predicted octanol–water partition coefficient (Wildman–Crippen LogP) is 3.92. The van der Waals surface area contributed by atoms with Crippen molar-refractivity contribution in [2.45, 2.75) is 58.1 Å². The molecule has 4 nitrogen and oxygen atoms in total. The Bertz CT molecular complexity index is 444. The third kappa shape index (κ3) is 6.04. The molecule has 4 heteroatoms. The molecule has 1 aromatic carbocycles. The second kappa shape index (κ2) is 10.5. The highest BCUT2D eigenvalue weighted by molar-refractivity contribution is 5.46. The van der Waals surface area contributed by atoms with E-state index in [-0.39, 0.29) is 6.10 Å². The molecule has 0 bridgehead atoms. The molecule has 0 spiro atoms. The molecule has 0 aliphatic carbocycles. The van der Waals surface area contributed by atoms with Crippen molar-refractivity contribution >= 4 is 0 Å². The normalized spacial score (nSPS) is 17.4. The zero-order valence-corrected chi connectivity index (χ0v) is 14.6. The van der Waals surface area contributed by atoms with Crippen molar-refractivity contribution in [1.29, 1.82) is 0 Å². The number of nitrogens with one attached hydrogen (secondary N) is 1. The minimum Gasteiger partial charge on any atom is -0.493 e. The highest BCUT2D eigenvalue weighted by Crippen LogP contribution is 2.31. The Kier molecular flexibility index (Phi) is 8.26. The molecular formula is C19H31NO3. The molecule has 1 aromatic rings. The van der Waals surface area contributed by atoms with Gasteiger partial charge >= 0.3 is 0 Å². The summed E-state index contributed by atoms with van der Waals surface area (Å²) in [5.41, 5.74) is 1.15. The summed E-state index contributed by atoms with van der Waals surface area (Å²) in [5, 5.41) is 3.51. The third-order valence-electron chi connectivity index (χ3n) is 4.24. The fourth-order valence-electron chi connectivity index (χ4n) is 2.88. The lowest BCUT2D eigenvalue weighted by Crippen LogP contribution is -2.19. The maximum absolute atomic E-state index is 6.05.